The van der Waals surface area contributed by atoms with Gasteiger partial charge in [0.2, 0.25) is 0 Å². The highest BCUT2D eigenvalue weighted by Gasteiger charge is 2.10. The number of nitrogens with two attached hydrogens (primary N) is 1. The van der Waals surface area contributed by atoms with Crippen LogP contribution in [0.25, 0.3) is 0 Å². The topological polar surface area (TPSA) is 62.3 Å². The van der Waals surface area contributed by atoms with E-state index in [1.165, 1.54) is 5.56 Å². The van der Waals surface area contributed by atoms with Crippen molar-refractivity contribution in [3.05, 3.63) is 35.4 Å². The minimum absolute atomic E-state index is 0. The number of morpholine rings is 1. The Bertz CT molecular complexity index is 361. The van der Waals surface area contributed by atoms with Crippen LogP contribution in [-0.2, 0) is 11.3 Å². The number of rotatable bonds is 3. The van der Waals surface area contributed by atoms with Crippen LogP contribution in [0.15, 0.2) is 24.3 Å². The van der Waals surface area contributed by atoms with E-state index in [-0.39, 0.29) is 18.2 Å². The first-order chi connectivity index (χ1) is 7.75. The van der Waals surface area contributed by atoms with Crippen molar-refractivity contribution in [2.45, 2.75) is 6.54 Å². The molecular weight excluding hydrogens is 238 g/mol. The van der Waals surface area contributed by atoms with Gasteiger partial charge in [0.05, 0.1) is 13.2 Å². The standard InChI is InChI=1S/C12H17N3O.ClH/c13-12(14)11-3-1-10(2-4-11)9-15-5-7-16-8-6-15;/h1-4H,5-9H2,(H3,13,14);1H. The van der Waals surface area contributed by atoms with Crippen molar-refractivity contribution in [2.75, 3.05) is 26.3 Å². The summed E-state index contributed by atoms with van der Waals surface area (Å²) in [5.41, 5.74) is 7.44. The number of nitrogen functional groups attached to an aromatic ring is 1. The third-order valence-corrected chi connectivity index (χ3v) is 2.77. The van der Waals surface area contributed by atoms with Gasteiger partial charge in [-0.2, -0.15) is 0 Å². The highest BCUT2D eigenvalue weighted by atomic mass is 35.5. The fraction of sp³-hybridized carbons (Fsp3) is 0.417. The second kappa shape index (κ2) is 6.59. The summed E-state index contributed by atoms with van der Waals surface area (Å²) < 4.78 is 5.30. The summed E-state index contributed by atoms with van der Waals surface area (Å²) >= 11 is 0. The monoisotopic (exact) mass is 255 g/mol. The molecule has 0 atom stereocenters. The second-order valence-corrected chi connectivity index (χ2v) is 4.00. The Labute approximate surface area is 108 Å². The first-order valence-corrected chi connectivity index (χ1v) is 5.49. The molecule has 0 aliphatic carbocycles. The maximum absolute atomic E-state index is 7.31. The highest BCUT2D eigenvalue weighted by molar-refractivity contribution is 5.94. The summed E-state index contributed by atoms with van der Waals surface area (Å²) in [5.74, 6) is 0.123. The molecule has 0 unspecified atom stereocenters. The number of hydrogen-bond acceptors (Lipinski definition) is 3. The molecule has 0 saturated carbocycles. The maximum atomic E-state index is 7.31. The minimum atomic E-state index is 0. The molecule has 1 aliphatic heterocycles. The predicted octanol–water partition coefficient (Wildman–Crippen LogP) is 1.22. The zero-order chi connectivity index (χ0) is 11.4. The van der Waals surface area contributed by atoms with Gasteiger partial charge in [-0.15, -0.1) is 12.4 Å². The van der Waals surface area contributed by atoms with Gasteiger partial charge >= 0.3 is 0 Å². The molecule has 2 rings (SSSR count). The minimum Gasteiger partial charge on any atom is -0.384 e. The van der Waals surface area contributed by atoms with E-state index < -0.39 is 0 Å². The molecule has 1 aromatic rings. The van der Waals surface area contributed by atoms with E-state index in [0.29, 0.717) is 0 Å². The first kappa shape index (κ1) is 14.0. The van der Waals surface area contributed by atoms with Gasteiger partial charge in [-0.25, -0.2) is 0 Å². The SMILES string of the molecule is Cl.N=C(N)c1ccc(CN2CCOCC2)cc1. The summed E-state index contributed by atoms with van der Waals surface area (Å²) in [7, 11) is 0. The molecule has 3 N–H and O–H groups in total. The number of nitrogens with zero attached hydrogens (tertiary/aromatic N) is 1. The number of benzene rings is 1. The van der Waals surface area contributed by atoms with Gasteiger partial charge in [0.25, 0.3) is 0 Å². The van der Waals surface area contributed by atoms with Crippen LogP contribution in [0.3, 0.4) is 0 Å². The Balaban J connectivity index is 0.00000144. The van der Waals surface area contributed by atoms with Crippen molar-refractivity contribution >= 4 is 18.2 Å². The average molecular weight is 256 g/mol. The molecule has 0 bridgehead atoms. The molecule has 1 saturated heterocycles. The number of nitrogens with one attached hydrogen (secondary N) is 1. The smallest absolute Gasteiger partial charge is 0.122 e. The Kier molecular flexibility index (Phi) is 5.41. The van der Waals surface area contributed by atoms with Gasteiger partial charge in [-0.1, -0.05) is 24.3 Å². The molecule has 0 aromatic heterocycles. The molecule has 0 radical (unpaired) electrons. The van der Waals surface area contributed by atoms with Crippen LogP contribution >= 0.6 is 12.4 Å². The molecule has 1 aromatic carbocycles. The number of amidine groups is 1. The van der Waals surface area contributed by atoms with Crippen LogP contribution in [0.5, 0.6) is 0 Å². The normalized spacial score (nSPS) is 16.2. The van der Waals surface area contributed by atoms with Crippen molar-refractivity contribution in [1.29, 1.82) is 5.41 Å². The van der Waals surface area contributed by atoms with E-state index in [1.807, 2.05) is 24.3 Å². The van der Waals surface area contributed by atoms with Crippen molar-refractivity contribution in [3.8, 4) is 0 Å². The van der Waals surface area contributed by atoms with Crippen LogP contribution in [0.1, 0.15) is 11.1 Å². The van der Waals surface area contributed by atoms with E-state index in [0.717, 1.165) is 38.4 Å². The first-order valence-electron chi connectivity index (χ1n) is 5.49. The van der Waals surface area contributed by atoms with E-state index in [2.05, 4.69) is 4.90 Å². The quantitative estimate of drug-likeness (QED) is 0.631. The maximum Gasteiger partial charge on any atom is 0.122 e. The van der Waals surface area contributed by atoms with Crippen molar-refractivity contribution in [3.63, 3.8) is 0 Å². The van der Waals surface area contributed by atoms with Gasteiger partial charge < -0.3 is 10.5 Å². The molecular formula is C12H18ClN3O. The number of ether oxygens (including phenoxy) is 1. The van der Waals surface area contributed by atoms with Crippen LogP contribution in [0.2, 0.25) is 0 Å². The zero-order valence-corrected chi connectivity index (χ0v) is 10.5. The number of hydrogen-bond donors (Lipinski definition) is 2. The van der Waals surface area contributed by atoms with Crippen molar-refractivity contribution < 1.29 is 4.74 Å². The molecule has 17 heavy (non-hydrogen) atoms. The van der Waals surface area contributed by atoms with E-state index >= 15 is 0 Å². The lowest BCUT2D eigenvalue weighted by Crippen LogP contribution is -2.35. The molecule has 1 fully saturated rings. The second-order valence-electron chi connectivity index (χ2n) is 4.00. The zero-order valence-electron chi connectivity index (χ0n) is 9.69. The van der Waals surface area contributed by atoms with Gasteiger partial charge in [0.15, 0.2) is 0 Å². The molecule has 94 valence electrons. The molecule has 1 aliphatic rings. The molecule has 4 nitrogen and oxygen atoms in total. The molecule has 5 heteroatoms. The average Bonchev–Trinajstić information content (AvgIpc) is 2.31. The predicted molar refractivity (Wildman–Crippen MR) is 70.8 cm³/mol. The third kappa shape index (κ3) is 4.00. The van der Waals surface area contributed by atoms with Crippen LogP contribution in [0, 0.1) is 5.41 Å². The summed E-state index contributed by atoms with van der Waals surface area (Å²) in [5, 5.41) is 7.31. The lowest BCUT2D eigenvalue weighted by atomic mass is 10.1. The lowest BCUT2D eigenvalue weighted by molar-refractivity contribution is 0.0342. The van der Waals surface area contributed by atoms with E-state index in [4.69, 9.17) is 15.9 Å². The lowest BCUT2D eigenvalue weighted by Gasteiger charge is -2.26. The fourth-order valence-corrected chi connectivity index (χ4v) is 1.81. The summed E-state index contributed by atoms with van der Waals surface area (Å²) in [4.78, 5) is 2.37. The molecule has 1 heterocycles. The van der Waals surface area contributed by atoms with Gasteiger partial charge in [-0.3, -0.25) is 10.3 Å². The van der Waals surface area contributed by atoms with Crippen molar-refractivity contribution in [2.24, 2.45) is 5.73 Å². The highest BCUT2D eigenvalue weighted by Crippen LogP contribution is 2.08. The molecule has 0 spiro atoms. The van der Waals surface area contributed by atoms with Crippen LogP contribution in [-0.4, -0.2) is 37.0 Å². The van der Waals surface area contributed by atoms with E-state index in [9.17, 15) is 0 Å². The van der Waals surface area contributed by atoms with Gasteiger partial charge in [0, 0.05) is 25.2 Å². The molecule has 0 amide bonds. The Morgan fingerprint density at radius 2 is 1.82 bits per heavy atom. The third-order valence-electron chi connectivity index (χ3n) is 2.77. The van der Waals surface area contributed by atoms with E-state index in [1.54, 1.807) is 0 Å². The van der Waals surface area contributed by atoms with Crippen LogP contribution in [0.4, 0.5) is 0 Å². The van der Waals surface area contributed by atoms with Gasteiger partial charge in [-0.05, 0) is 5.56 Å². The Morgan fingerprint density at radius 1 is 1.24 bits per heavy atom. The largest absolute Gasteiger partial charge is 0.384 e. The van der Waals surface area contributed by atoms with Crippen molar-refractivity contribution in [1.82, 2.24) is 4.90 Å². The Morgan fingerprint density at radius 3 is 2.35 bits per heavy atom. The fourth-order valence-electron chi connectivity index (χ4n) is 1.81. The summed E-state index contributed by atoms with van der Waals surface area (Å²) in [6, 6.07) is 7.87. The summed E-state index contributed by atoms with van der Waals surface area (Å²) in [6.07, 6.45) is 0. The van der Waals surface area contributed by atoms with Gasteiger partial charge in [0.1, 0.15) is 5.84 Å². The number of halogens is 1. The Hall–Kier alpha value is -1.10. The van der Waals surface area contributed by atoms with Crippen LogP contribution < -0.4 is 5.73 Å². The summed E-state index contributed by atoms with van der Waals surface area (Å²) in [6.45, 7) is 4.58.